The molecule has 0 bridgehead atoms. The van der Waals surface area contributed by atoms with Gasteiger partial charge in [-0.2, -0.15) is 0 Å². The number of aromatic nitrogens is 5. The molecule has 0 atom stereocenters. The summed E-state index contributed by atoms with van der Waals surface area (Å²) in [6.07, 6.45) is 1.70. The average Bonchev–Trinajstić information content (AvgIpc) is 3.21. The van der Waals surface area contributed by atoms with Gasteiger partial charge in [0.1, 0.15) is 28.2 Å². The lowest BCUT2D eigenvalue weighted by molar-refractivity contribution is 0.296. The first-order valence-corrected chi connectivity index (χ1v) is 9.57. The largest absolute Gasteiger partial charge is 0.486 e. The Bertz CT molecular complexity index is 1310. The van der Waals surface area contributed by atoms with Crippen molar-refractivity contribution in [2.45, 2.75) is 20.5 Å². The number of pyridine rings is 1. The number of thiophene rings is 1. The molecule has 0 saturated carbocycles. The van der Waals surface area contributed by atoms with Crippen molar-refractivity contribution in [3.63, 3.8) is 0 Å². The number of fused-ring (bicyclic) bond motifs is 5. The first-order chi connectivity index (χ1) is 13.1. The Hall–Kier alpha value is -2.77. The second-order valence-corrected chi connectivity index (χ2v) is 7.76. The molecule has 4 heterocycles. The number of benzene rings is 1. The van der Waals surface area contributed by atoms with Crippen molar-refractivity contribution >= 4 is 49.0 Å². The zero-order chi connectivity index (χ0) is 18.5. The predicted molar refractivity (Wildman–Crippen MR) is 107 cm³/mol. The van der Waals surface area contributed by atoms with E-state index >= 15 is 0 Å². The van der Waals surface area contributed by atoms with Crippen LogP contribution in [0.25, 0.3) is 26.1 Å². The van der Waals surface area contributed by atoms with Gasteiger partial charge in [-0.3, -0.25) is 0 Å². The highest BCUT2D eigenvalue weighted by atomic mass is 35.5. The van der Waals surface area contributed by atoms with Crippen LogP contribution >= 0.6 is 22.9 Å². The molecule has 27 heavy (non-hydrogen) atoms. The molecular formula is C19H14ClN5OS. The van der Waals surface area contributed by atoms with Crippen molar-refractivity contribution in [2.75, 3.05) is 0 Å². The molecule has 0 unspecified atom stereocenters. The SMILES string of the molecule is Cc1cc(C)c2c(n1)sc1c2ncn2nc(COc3ccc(Cl)cc3)nc12. The van der Waals surface area contributed by atoms with Crippen LogP contribution in [0.5, 0.6) is 5.75 Å². The minimum absolute atomic E-state index is 0.270. The van der Waals surface area contributed by atoms with Crippen molar-refractivity contribution in [1.29, 1.82) is 0 Å². The summed E-state index contributed by atoms with van der Waals surface area (Å²) >= 11 is 7.49. The van der Waals surface area contributed by atoms with Crippen LogP contribution in [0.3, 0.4) is 0 Å². The highest BCUT2D eigenvalue weighted by Gasteiger charge is 2.16. The van der Waals surface area contributed by atoms with E-state index in [2.05, 4.69) is 33.0 Å². The summed E-state index contributed by atoms with van der Waals surface area (Å²) in [5.74, 6) is 1.32. The fourth-order valence-corrected chi connectivity index (χ4v) is 4.50. The third-order valence-corrected chi connectivity index (χ3v) is 5.64. The van der Waals surface area contributed by atoms with Gasteiger partial charge in [-0.05, 0) is 49.7 Å². The topological polar surface area (TPSA) is 65.2 Å². The molecule has 0 amide bonds. The number of nitrogens with zero attached hydrogens (tertiary/aromatic N) is 5. The molecule has 0 fully saturated rings. The molecule has 0 saturated heterocycles. The summed E-state index contributed by atoms with van der Waals surface area (Å²) in [5, 5.41) is 6.24. The molecule has 5 aromatic rings. The lowest BCUT2D eigenvalue weighted by atomic mass is 10.1. The van der Waals surface area contributed by atoms with E-state index < -0.39 is 0 Å². The number of hydrogen-bond acceptors (Lipinski definition) is 6. The quantitative estimate of drug-likeness (QED) is 0.441. The van der Waals surface area contributed by atoms with Gasteiger partial charge in [0, 0.05) is 16.1 Å². The second kappa shape index (κ2) is 6.14. The maximum atomic E-state index is 5.90. The van der Waals surface area contributed by atoms with Crippen molar-refractivity contribution in [2.24, 2.45) is 0 Å². The molecule has 0 aliphatic heterocycles. The summed E-state index contributed by atoms with van der Waals surface area (Å²) in [6, 6.07) is 9.29. The van der Waals surface area contributed by atoms with E-state index in [4.69, 9.17) is 16.3 Å². The van der Waals surface area contributed by atoms with Gasteiger partial charge in [0.2, 0.25) is 0 Å². The highest BCUT2D eigenvalue weighted by Crippen LogP contribution is 2.35. The van der Waals surface area contributed by atoms with E-state index in [9.17, 15) is 0 Å². The lowest BCUT2D eigenvalue weighted by Gasteiger charge is -2.02. The van der Waals surface area contributed by atoms with Crippen LogP contribution in [0.15, 0.2) is 36.7 Å². The number of aryl methyl sites for hydroxylation is 2. The van der Waals surface area contributed by atoms with Crippen LogP contribution in [-0.2, 0) is 6.61 Å². The summed E-state index contributed by atoms with van der Waals surface area (Å²) in [6.45, 7) is 4.36. The Kier molecular flexibility index (Phi) is 3.73. The van der Waals surface area contributed by atoms with Gasteiger partial charge < -0.3 is 4.74 Å². The molecule has 0 aliphatic rings. The minimum atomic E-state index is 0.270. The van der Waals surface area contributed by atoms with E-state index in [1.165, 1.54) is 5.56 Å². The zero-order valence-electron chi connectivity index (χ0n) is 14.6. The summed E-state index contributed by atoms with van der Waals surface area (Å²) in [7, 11) is 0. The molecule has 5 rings (SSSR count). The molecule has 0 spiro atoms. The number of hydrogen-bond donors (Lipinski definition) is 0. The molecule has 6 nitrogen and oxygen atoms in total. The molecule has 1 aromatic carbocycles. The van der Waals surface area contributed by atoms with Crippen molar-refractivity contribution in [3.05, 3.63) is 58.8 Å². The summed E-state index contributed by atoms with van der Waals surface area (Å²) < 4.78 is 8.44. The van der Waals surface area contributed by atoms with Crippen LogP contribution in [-0.4, -0.2) is 24.6 Å². The van der Waals surface area contributed by atoms with Gasteiger partial charge in [0.15, 0.2) is 11.5 Å². The molecule has 134 valence electrons. The van der Waals surface area contributed by atoms with Gasteiger partial charge in [0.05, 0.1) is 5.52 Å². The van der Waals surface area contributed by atoms with Crippen LogP contribution in [0.2, 0.25) is 5.02 Å². The van der Waals surface area contributed by atoms with Gasteiger partial charge >= 0.3 is 0 Å². The highest BCUT2D eigenvalue weighted by molar-refractivity contribution is 7.26. The maximum Gasteiger partial charge on any atom is 0.189 e. The normalized spacial score (nSPS) is 11.7. The second-order valence-electron chi connectivity index (χ2n) is 6.32. The van der Waals surface area contributed by atoms with Crippen LogP contribution < -0.4 is 4.74 Å². The monoisotopic (exact) mass is 395 g/mol. The van der Waals surface area contributed by atoms with Crippen molar-refractivity contribution in [3.8, 4) is 5.75 Å². The number of ether oxygens (including phenoxy) is 1. The molecule has 0 radical (unpaired) electrons. The van der Waals surface area contributed by atoms with E-state index in [1.807, 2.05) is 19.1 Å². The van der Waals surface area contributed by atoms with E-state index in [0.717, 1.165) is 37.5 Å². The van der Waals surface area contributed by atoms with E-state index in [0.29, 0.717) is 10.8 Å². The van der Waals surface area contributed by atoms with Crippen LogP contribution in [0.4, 0.5) is 0 Å². The number of rotatable bonds is 3. The molecule has 0 aliphatic carbocycles. The first kappa shape index (κ1) is 16.4. The Morgan fingerprint density at radius 3 is 2.78 bits per heavy atom. The molecule has 4 aromatic heterocycles. The summed E-state index contributed by atoms with van der Waals surface area (Å²) in [5.41, 5.74) is 3.87. The third-order valence-electron chi connectivity index (χ3n) is 4.32. The lowest BCUT2D eigenvalue weighted by Crippen LogP contribution is -1.98. The number of halogens is 1. The Morgan fingerprint density at radius 2 is 1.96 bits per heavy atom. The van der Waals surface area contributed by atoms with E-state index in [-0.39, 0.29) is 6.61 Å². The van der Waals surface area contributed by atoms with Crippen molar-refractivity contribution < 1.29 is 4.74 Å². The predicted octanol–water partition coefficient (Wildman–Crippen LogP) is 4.74. The fraction of sp³-hybridized carbons (Fsp3) is 0.158. The van der Waals surface area contributed by atoms with Crippen molar-refractivity contribution in [1.82, 2.24) is 24.6 Å². The Morgan fingerprint density at radius 1 is 1.15 bits per heavy atom. The minimum Gasteiger partial charge on any atom is -0.486 e. The summed E-state index contributed by atoms with van der Waals surface area (Å²) in [4.78, 5) is 14.9. The van der Waals surface area contributed by atoms with E-state index in [1.54, 1.807) is 34.3 Å². The molecule has 8 heteroatoms. The average molecular weight is 396 g/mol. The zero-order valence-corrected chi connectivity index (χ0v) is 16.2. The smallest absolute Gasteiger partial charge is 0.189 e. The Labute approximate surface area is 163 Å². The van der Waals surface area contributed by atoms with Crippen LogP contribution in [0.1, 0.15) is 17.1 Å². The maximum absolute atomic E-state index is 5.90. The van der Waals surface area contributed by atoms with Gasteiger partial charge in [0.25, 0.3) is 0 Å². The third kappa shape index (κ3) is 2.79. The molecule has 0 N–H and O–H groups in total. The van der Waals surface area contributed by atoms with Gasteiger partial charge in [-0.1, -0.05) is 11.6 Å². The Balaban J connectivity index is 1.57. The van der Waals surface area contributed by atoms with Crippen LogP contribution in [0, 0.1) is 13.8 Å². The standard InChI is InChI=1S/C19H14ClN5OS/c1-10-7-11(2)22-19-15(10)16-17(27-19)18-23-14(24-25(18)9-21-16)8-26-13-5-3-12(20)4-6-13/h3-7,9H,8H2,1-2H3. The molecular weight excluding hydrogens is 382 g/mol. The van der Waals surface area contributed by atoms with Gasteiger partial charge in [-0.15, -0.1) is 16.4 Å². The first-order valence-electron chi connectivity index (χ1n) is 8.37. The fourth-order valence-electron chi connectivity index (χ4n) is 3.15. The van der Waals surface area contributed by atoms with Gasteiger partial charge in [-0.25, -0.2) is 19.5 Å².